The molecule has 2 heterocycles. The highest BCUT2D eigenvalue weighted by molar-refractivity contribution is 6.34. The first-order valence-corrected chi connectivity index (χ1v) is 8.61. The lowest BCUT2D eigenvalue weighted by Gasteiger charge is -2.10. The summed E-state index contributed by atoms with van der Waals surface area (Å²) in [6, 6.07) is 5.57. The molecule has 0 unspecified atom stereocenters. The minimum absolute atomic E-state index is 0.582. The summed E-state index contributed by atoms with van der Waals surface area (Å²) in [5.74, 6) is 1.69. The standard InChI is InChI=1S/C17H21Cl2N3/c1-11(2)7-16-15-5-3-4-6-20-17(15)22(21-16)14-9-12(18)8-13(19)10-14/h8-11,20H,3-7H2,1-2H3. The summed E-state index contributed by atoms with van der Waals surface area (Å²) in [7, 11) is 0. The molecular formula is C17H21Cl2N3. The molecule has 0 bridgehead atoms. The van der Waals surface area contributed by atoms with E-state index in [1.54, 1.807) is 6.07 Å². The number of aromatic nitrogens is 2. The maximum atomic E-state index is 6.16. The van der Waals surface area contributed by atoms with Gasteiger partial charge in [0.2, 0.25) is 0 Å². The van der Waals surface area contributed by atoms with Crippen LogP contribution in [0.4, 0.5) is 5.82 Å². The highest BCUT2D eigenvalue weighted by Crippen LogP contribution is 2.31. The Morgan fingerprint density at radius 2 is 1.91 bits per heavy atom. The Kier molecular flexibility index (Phi) is 4.65. The van der Waals surface area contributed by atoms with E-state index in [9.17, 15) is 0 Å². The molecular weight excluding hydrogens is 317 g/mol. The Labute approximate surface area is 141 Å². The molecule has 0 fully saturated rings. The molecule has 3 rings (SSSR count). The van der Waals surface area contributed by atoms with E-state index < -0.39 is 0 Å². The van der Waals surface area contributed by atoms with Gasteiger partial charge in [0.1, 0.15) is 5.82 Å². The molecule has 0 amide bonds. The number of rotatable bonds is 3. The number of hydrogen-bond donors (Lipinski definition) is 1. The number of nitrogens with zero attached hydrogens (tertiary/aromatic N) is 2. The zero-order valence-corrected chi connectivity index (χ0v) is 14.5. The van der Waals surface area contributed by atoms with Crippen molar-refractivity contribution >= 4 is 29.0 Å². The predicted molar refractivity (Wildman–Crippen MR) is 93.6 cm³/mol. The lowest BCUT2D eigenvalue weighted by molar-refractivity contribution is 0.622. The molecule has 0 atom stereocenters. The highest BCUT2D eigenvalue weighted by Gasteiger charge is 2.21. The van der Waals surface area contributed by atoms with E-state index in [1.165, 1.54) is 24.1 Å². The SMILES string of the molecule is CC(C)Cc1nn(-c2cc(Cl)cc(Cl)c2)c2c1CCCCN2. The largest absolute Gasteiger partial charge is 0.370 e. The van der Waals surface area contributed by atoms with Gasteiger partial charge in [-0.2, -0.15) is 5.10 Å². The molecule has 0 saturated heterocycles. The number of hydrogen-bond acceptors (Lipinski definition) is 2. The van der Waals surface area contributed by atoms with Crippen molar-refractivity contribution in [3.05, 3.63) is 39.5 Å². The van der Waals surface area contributed by atoms with E-state index >= 15 is 0 Å². The number of halogens is 2. The number of anilines is 1. The van der Waals surface area contributed by atoms with E-state index in [0.29, 0.717) is 16.0 Å². The van der Waals surface area contributed by atoms with Crippen LogP contribution in [-0.4, -0.2) is 16.3 Å². The fraction of sp³-hybridized carbons (Fsp3) is 0.471. The third kappa shape index (κ3) is 3.26. The van der Waals surface area contributed by atoms with Gasteiger partial charge in [-0.25, -0.2) is 4.68 Å². The molecule has 1 N–H and O–H groups in total. The highest BCUT2D eigenvalue weighted by atomic mass is 35.5. The van der Waals surface area contributed by atoms with Crippen LogP contribution in [0, 0.1) is 5.92 Å². The zero-order chi connectivity index (χ0) is 15.7. The Morgan fingerprint density at radius 3 is 2.59 bits per heavy atom. The second-order valence-electron chi connectivity index (χ2n) is 6.30. The van der Waals surface area contributed by atoms with Crippen LogP contribution < -0.4 is 5.32 Å². The van der Waals surface area contributed by atoms with Crippen molar-refractivity contribution in [2.45, 2.75) is 39.5 Å². The maximum absolute atomic E-state index is 6.16. The van der Waals surface area contributed by atoms with E-state index in [-0.39, 0.29) is 0 Å². The normalized spacial score (nSPS) is 14.6. The fourth-order valence-corrected chi connectivity index (χ4v) is 3.49. The monoisotopic (exact) mass is 337 g/mol. The lowest BCUT2D eigenvalue weighted by Crippen LogP contribution is -2.07. The predicted octanol–water partition coefficient (Wildman–Crippen LogP) is 5.13. The molecule has 22 heavy (non-hydrogen) atoms. The molecule has 3 nitrogen and oxygen atoms in total. The Hall–Kier alpha value is -1.19. The van der Waals surface area contributed by atoms with Crippen LogP contribution in [0.1, 0.15) is 37.9 Å². The van der Waals surface area contributed by atoms with Crippen LogP contribution in [0.25, 0.3) is 5.69 Å². The van der Waals surface area contributed by atoms with Gasteiger partial charge in [0.25, 0.3) is 0 Å². The van der Waals surface area contributed by atoms with E-state index in [1.807, 2.05) is 16.8 Å². The Bertz CT molecular complexity index is 657. The minimum atomic E-state index is 0.582. The van der Waals surface area contributed by atoms with Crippen LogP contribution in [0.15, 0.2) is 18.2 Å². The number of benzene rings is 1. The van der Waals surface area contributed by atoms with Gasteiger partial charge in [-0.3, -0.25) is 0 Å². The van der Waals surface area contributed by atoms with Gasteiger partial charge in [-0.1, -0.05) is 37.0 Å². The average molecular weight is 338 g/mol. The molecule has 2 aromatic rings. The maximum Gasteiger partial charge on any atom is 0.133 e. The molecule has 5 heteroatoms. The molecule has 0 radical (unpaired) electrons. The lowest BCUT2D eigenvalue weighted by atomic mass is 10.0. The van der Waals surface area contributed by atoms with Crippen molar-refractivity contribution in [1.29, 1.82) is 0 Å². The van der Waals surface area contributed by atoms with E-state index in [4.69, 9.17) is 28.3 Å². The molecule has 1 aromatic carbocycles. The van der Waals surface area contributed by atoms with Crippen LogP contribution >= 0.6 is 23.2 Å². The first-order valence-electron chi connectivity index (χ1n) is 7.85. The molecule has 0 spiro atoms. The zero-order valence-electron chi connectivity index (χ0n) is 13.0. The fourth-order valence-electron chi connectivity index (χ4n) is 2.97. The van der Waals surface area contributed by atoms with Gasteiger partial charge in [0, 0.05) is 22.2 Å². The van der Waals surface area contributed by atoms with Gasteiger partial charge in [0.15, 0.2) is 0 Å². The quantitative estimate of drug-likeness (QED) is 0.841. The van der Waals surface area contributed by atoms with Crippen molar-refractivity contribution in [2.75, 3.05) is 11.9 Å². The number of nitrogens with one attached hydrogen (secondary N) is 1. The van der Waals surface area contributed by atoms with Crippen LogP contribution in [0.2, 0.25) is 10.0 Å². The summed E-state index contributed by atoms with van der Waals surface area (Å²) in [6.07, 6.45) is 4.46. The smallest absolute Gasteiger partial charge is 0.133 e. The molecule has 1 aromatic heterocycles. The van der Waals surface area contributed by atoms with Crippen LogP contribution in [0.5, 0.6) is 0 Å². The topological polar surface area (TPSA) is 29.9 Å². The molecule has 1 aliphatic rings. The van der Waals surface area contributed by atoms with Gasteiger partial charge in [-0.05, 0) is 49.8 Å². The summed E-state index contributed by atoms with van der Waals surface area (Å²) in [5.41, 5.74) is 3.45. The molecule has 0 saturated carbocycles. The van der Waals surface area contributed by atoms with Gasteiger partial charge < -0.3 is 5.32 Å². The summed E-state index contributed by atoms with van der Waals surface area (Å²) in [6.45, 7) is 5.44. The summed E-state index contributed by atoms with van der Waals surface area (Å²) in [5, 5.41) is 9.66. The third-order valence-corrected chi connectivity index (χ3v) is 4.34. The van der Waals surface area contributed by atoms with Crippen molar-refractivity contribution in [2.24, 2.45) is 5.92 Å². The Balaban J connectivity index is 2.12. The average Bonchev–Trinajstić information content (AvgIpc) is 2.62. The van der Waals surface area contributed by atoms with Crippen molar-refractivity contribution < 1.29 is 0 Å². The molecule has 1 aliphatic heterocycles. The van der Waals surface area contributed by atoms with Gasteiger partial charge in [0.05, 0.1) is 11.4 Å². The number of fused-ring (bicyclic) bond motifs is 1. The van der Waals surface area contributed by atoms with Crippen LogP contribution in [0.3, 0.4) is 0 Å². The summed E-state index contributed by atoms with van der Waals surface area (Å²) in [4.78, 5) is 0. The second kappa shape index (κ2) is 6.51. The first kappa shape index (κ1) is 15.7. The Morgan fingerprint density at radius 1 is 1.18 bits per heavy atom. The minimum Gasteiger partial charge on any atom is -0.370 e. The van der Waals surface area contributed by atoms with Gasteiger partial charge in [-0.15, -0.1) is 0 Å². The van der Waals surface area contributed by atoms with Crippen LogP contribution in [-0.2, 0) is 12.8 Å². The van der Waals surface area contributed by atoms with Crippen molar-refractivity contribution in [3.8, 4) is 5.69 Å². The molecule has 118 valence electrons. The third-order valence-electron chi connectivity index (χ3n) is 3.91. The molecule has 0 aliphatic carbocycles. The summed E-state index contributed by atoms with van der Waals surface area (Å²) < 4.78 is 1.97. The van der Waals surface area contributed by atoms with Gasteiger partial charge >= 0.3 is 0 Å². The van der Waals surface area contributed by atoms with Crippen molar-refractivity contribution in [3.63, 3.8) is 0 Å². The van der Waals surface area contributed by atoms with E-state index in [2.05, 4.69) is 19.2 Å². The van der Waals surface area contributed by atoms with E-state index in [0.717, 1.165) is 30.9 Å². The summed E-state index contributed by atoms with van der Waals surface area (Å²) >= 11 is 12.3. The van der Waals surface area contributed by atoms with Crippen molar-refractivity contribution in [1.82, 2.24) is 9.78 Å². The second-order valence-corrected chi connectivity index (χ2v) is 7.17. The first-order chi connectivity index (χ1) is 10.5.